The SMILES string of the molecule is CC1(C)c2cc3ccccc3cc2-c2c(-c3cc(-c4ccc(-c5cccc(-c6cccc7oc8c9ccccc9ccc8c67)c5)c5ccccc45)nc(-c4ccccc4)n3)cccc21. The Morgan fingerprint density at radius 2 is 0.984 bits per heavy atom. The average Bonchev–Trinajstić information content (AvgIpc) is 3.85. The van der Waals surface area contributed by atoms with Gasteiger partial charge in [-0.2, -0.15) is 0 Å². The second kappa shape index (κ2) is 13.9. The van der Waals surface area contributed by atoms with Crippen LogP contribution in [0.25, 0.3) is 122 Å². The van der Waals surface area contributed by atoms with Gasteiger partial charge in [0.1, 0.15) is 11.2 Å². The highest BCUT2D eigenvalue weighted by Crippen LogP contribution is 2.53. The van der Waals surface area contributed by atoms with Crippen LogP contribution in [0.1, 0.15) is 25.0 Å². The van der Waals surface area contributed by atoms with Crippen LogP contribution in [0, 0.1) is 0 Å². The lowest BCUT2D eigenvalue weighted by atomic mass is 9.81. The van der Waals surface area contributed by atoms with E-state index < -0.39 is 0 Å². The monoisotopic (exact) mass is 816 g/mol. The summed E-state index contributed by atoms with van der Waals surface area (Å²) < 4.78 is 6.58. The minimum absolute atomic E-state index is 0.167. The molecule has 64 heavy (non-hydrogen) atoms. The summed E-state index contributed by atoms with van der Waals surface area (Å²) >= 11 is 0. The molecule has 0 spiro atoms. The Hall–Kier alpha value is -8.14. The van der Waals surface area contributed by atoms with Crippen molar-refractivity contribution < 1.29 is 4.42 Å². The summed E-state index contributed by atoms with van der Waals surface area (Å²) in [4.78, 5) is 10.7. The lowest BCUT2D eigenvalue weighted by Gasteiger charge is -2.22. The third kappa shape index (κ3) is 5.54. The number of nitrogens with zero attached hydrogens (tertiary/aromatic N) is 2. The summed E-state index contributed by atoms with van der Waals surface area (Å²) in [5, 5.41) is 9.38. The van der Waals surface area contributed by atoms with Crippen molar-refractivity contribution in [1.29, 1.82) is 0 Å². The van der Waals surface area contributed by atoms with E-state index in [1.807, 2.05) is 6.07 Å². The first kappa shape index (κ1) is 36.5. The molecule has 300 valence electrons. The molecular weight excluding hydrogens is 777 g/mol. The minimum Gasteiger partial charge on any atom is -0.455 e. The maximum atomic E-state index is 6.58. The molecule has 3 heteroatoms. The van der Waals surface area contributed by atoms with Gasteiger partial charge in [0.05, 0.1) is 11.4 Å². The number of aromatic nitrogens is 2. The van der Waals surface area contributed by atoms with Crippen LogP contribution in [0.2, 0.25) is 0 Å². The van der Waals surface area contributed by atoms with Crippen LogP contribution in [0.5, 0.6) is 0 Å². The molecule has 12 aromatic rings. The fraction of sp³-hybridized carbons (Fsp3) is 0.0492. The Labute approximate surface area is 371 Å². The van der Waals surface area contributed by atoms with Gasteiger partial charge < -0.3 is 4.42 Å². The summed E-state index contributed by atoms with van der Waals surface area (Å²) in [6, 6.07) is 74.2. The summed E-state index contributed by atoms with van der Waals surface area (Å²) in [6.45, 7) is 4.70. The fourth-order valence-electron chi connectivity index (χ4n) is 10.5. The Balaban J connectivity index is 0.974. The molecule has 2 heterocycles. The molecular formula is C61H40N2O. The predicted octanol–water partition coefficient (Wildman–Crippen LogP) is 16.5. The van der Waals surface area contributed by atoms with E-state index in [-0.39, 0.29) is 5.41 Å². The average molecular weight is 817 g/mol. The smallest absolute Gasteiger partial charge is 0.160 e. The molecule has 0 unspecified atom stereocenters. The van der Waals surface area contributed by atoms with Gasteiger partial charge in [-0.25, -0.2) is 9.97 Å². The van der Waals surface area contributed by atoms with Crippen LogP contribution >= 0.6 is 0 Å². The maximum Gasteiger partial charge on any atom is 0.160 e. The van der Waals surface area contributed by atoms with Crippen molar-refractivity contribution in [2.75, 3.05) is 0 Å². The Kier molecular flexibility index (Phi) is 7.95. The van der Waals surface area contributed by atoms with Gasteiger partial charge in [0.2, 0.25) is 0 Å². The van der Waals surface area contributed by atoms with Crippen molar-refractivity contribution in [3.8, 4) is 67.3 Å². The van der Waals surface area contributed by atoms with E-state index >= 15 is 0 Å². The zero-order chi connectivity index (χ0) is 42.5. The number of hydrogen-bond acceptors (Lipinski definition) is 3. The van der Waals surface area contributed by atoms with Gasteiger partial charge >= 0.3 is 0 Å². The molecule has 0 saturated heterocycles. The predicted molar refractivity (Wildman–Crippen MR) is 267 cm³/mol. The minimum atomic E-state index is -0.167. The van der Waals surface area contributed by atoms with E-state index in [4.69, 9.17) is 14.4 Å². The van der Waals surface area contributed by atoms with Gasteiger partial charge in [-0.05, 0) is 108 Å². The zero-order valence-electron chi connectivity index (χ0n) is 35.4. The fourth-order valence-corrected chi connectivity index (χ4v) is 10.5. The summed E-state index contributed by atoms with van der Waals surface area (Å²) in [5.41, 5.74) is 16.4. The highest BCUT2D eigenvalue weighted by Gasteiger charge is 2.37. The van der Waals surface area contributed by atoms with Gasteiger partial charge in [0.25, 0.3) is 0 Å². The van der Waals surface area contributed by atoms with Gasteiger partial charge in [-0.3, -0.25) is 0 Å². The molecule has 0 fully saturated rings. The van der Waals surface area contributed by atoms with Crippen LogP contribution in [0.4, 0.5) is 0 Å². The molecule has 0 N–H and O–H groups in total. The lowest BCUT2D eigenvalue weighted by Crippen LogP contribution is -2.14. The first-order valence-electron chi connectivity index (χ1n) is 22.1. The van der Waals surface area contributed by atoms with Crippen LogP contribution in [-0.4, -0.2) is 9.97 Å². The lowest BCUT2D eigenvalue weighted by molar-refractivity contribution is 0.661. The van der Waals surface area contributed by atoms with Gasteiger partial charge in [-0.15, -0.1) is 0 Å². The van der Waals surface area contributed by atoms with Gasteiger partial charge in [0, 0.05) is 38.3 Å². The number of hydrogen-bond donors (Lipinski definition) is 0. The van der Waals surface area contributed by atoms with Crippen molar-refractivity contribution in [2.45, 2.75) is 19.3 Å². The van der Waals surface area contributed by atoms with Crippen molar-refractivity contribution in [2.24, 2.45) is 0 Å². The zero-order valence-corrected chi connectivity index (χ0v) is 35.4. The third-order valence-corrected chi connectivity index (χ3v) is 13.7. The number of furan rings is 1. The number of benzene rings is 10. The number of rotatable bonds is 5. The molecule has 10 aromatic carbocycles. The second-order valence-electron chi connectivity index (χ2n) is 17.7. The molecule has 1 aliphatic carbocycles. The highest BCUT2D eigenvalue weighted by atomic mass is 16.3. The molecule has 1 aliphatic rings. The molecule has 0 amide bonds. The third-order valence-electron chi connectivity index (χ3n) is 13.7. The molecule has 13 rings (SSSR count). The van der Waals surface area contributed by atoms with E-state index in [0.29, 0.717) is 5.82 Å². The topological polar surface area (TPSA) is 38.9 Å². The summed E-state index contributed by atoms with van der Waals surface area (Å²) in [5.74, 6) is 0.705. The summed E-state index contributed by atoms with van der Waals surface area (Å²) in [6.07, 6.45) is 0. The highest BCUT2D eigenvalue weighted by molar-refractivity contribution is 6.19. The van der Waals surface area contributed by atoms with Gasteiger partial charge in [0.15, 0.2) is 5.82 Å². The van der Waals surface area contributed by atoms with Crippen LogP contribution in [0.3, 0.4) is 0 Å². The van der Waals surface area contributed by atoms with Crippen molar-refractivity contribution in [3.05, 3.63) is 217 Å². The molecule has 0 saturated carbocycles. The molecule has 0 aliphatic heterocycles. The largest absolute Gasteiger partial charge is 0.455 e. The number of fused-ring (bicyclic) bond motifs is 10. The van der Waals surface area contributed by atoms with E-state index in [0.717, 1.165) is 77.5 Å². The maximum absolute atomic E-state index is 6.58. The van der Waals surface area contributed by atoms with E-state index in [1.165, 1.54) is 49.4 Å². The first-order chi connectivity index (χ1) is 31.5. The van der Waals surface area contributed by atoms with E-state index in [9.17, 15) is 0 Å². The molecule has 0 radical (unpaired) electrons. The Morgan fingerprint density at radius 1 is 0.375 bits per heavy atom. The van der Waals surface area contributed by atoms with Crippen LogP contribution in [0.15, 0.2) is 211 Å². The molecule has 2 aromatic heterocycles. The first-order valence-corrected chi connectivity index (χ1v) is 22.1. The van der Waals surface area contributed by atoms with Crippen molar-refractivity contribution in [1.82, 2.24) is 9.97 Å². The molecule has 0 bridgehead atoms. The second-order valence-corrected chi connectivity index (χ2v) is 17.7. The van der Waals surface area contributed by atoms with Crippen molar-refractivity contribution in [3.63, 3.8) is 0 Å². The van der Waals surface area contributed by atoms with Gasteiger partial charge in [-0.1, -0.05) is 184 Å². The summed E-state index contributed by atoms with van der Waals surface area (Å²) in [7, 11) is 0. The normalized spacial score (nSPS) is 13.0. The standard InChI is InChI=1S/C61H40N2O/c1-61(2)52-27-13-26-49(57(52)51-34-39-18-6-7-19-40(39)35-53(51)61)55-36-54(62-60(63-55)38-16-4-3-5-17-38)48-32-31-43(46-23-10-11-24-47(46)48)41-20-12-21-42(33-41)44-25-14-28-56-58(44)50-30-29-37-15-8-9-22-45(37)59(50)64-56/h3-36H,1-2H3. The molecule has 0 atom stereocenters. The Bertz CT molecular complexity index is 3880. The van der Waals surface area contributed by atoms with Crippen molar-refractivity contribution >= 4 is 54.3 Å². The van der Waals surface area contributed by atoms with E-state index in [2.05, 4.69) is 214 Å². The van der Waals surface area contributed by atoms with Crippen LogP contribution < -0.4 is 0 Å². The van der Waals surface area contributed by atoms with Crippen LogP contribution in [-0.2, 0) is 5.41 Å². The molecule has 3 nitrogen and oxygen atoms in total. The quantitative estimate of drug-likeness (QED) is 0.174. The van der Waals surface area contributed by atoms with E-state index in [1.54, 1.807) is 0 Å². The Morgan fingerprint density at radius 3 is 1.80 bits per heavy atom.